The molecule has 0 spiro atoms. The second kappa shape index (κ2) is 11.0. The summed E-state index contributed by atoms with van der Waals surface area (Å²) in [5.74, 6) is 2.29. The SMILES string of the molecule is Cc1ccccc1CSCCNC(=O)C1CCCN(Cc2cccc(Br)c2)C1. The van der Waals surface area contributed by atoms with Gasteiger partial charge in [-0.15, -0.1) is 0 Å². The highest BCUT2D eigenvalue weighted by atomic mass is 79.9. The van der Waals surface area contributed by atoms with E-state index in [9.17, 15) is 4.79 Å². The van der Waals surface area contributed by atoms with Crippen LogP contribution in [0.2, 0.25) is 0 Å². The molecule has 1 saturated heterocycles. The van der Waals surface area contributed by atoms with E-state index in [1.54, 1.807) is 0 Å². The number of piperidine rings is 1. The molecule has 0 radical (unpaired) electrons. The zero-order valence-electron chi connectivity index (χ0n) is 16.5. The molecule has 5 heteroatoms. The lowest BCUT2D eigenvalue weighted by Gasteiger charge is -2.32. The molecule has 1 fully saturated rings. The second-order valence-corrected chi connectivity index (χ2v) is 9.50. The molecule has 1 aliphatic heterocycles. The quantitative estimate of drug-likeness (QED) is 0.561. The lowest BCUT2D eigenvalue weighted by atomic mass is 9.96. The van der Waals surface area contributed by atoms with Crippen LogP contribution >= 0.6 is 27.7 Å². The molecule has 3 nitrogen and oxygen atoms in total. The molecule has 1 atom stereocenters. The van der Waals surface area contributed by atoms with Crippen molar-refractivity contribution in [3.63, 3.8) is 0 Å². The van der Waals surface area contributed by atoms with E-state index >= 15 is 0 Å². The van der Waals surface area contributed by atoms with Crippen LogP contribution in [0.15, 0.2) is 53.0 Å². The highest BCUT2D eigenvalue weighted by molar-refractivity contribution is 9.10. The van der Waals surface area contributed by atoms with Gasteiger partial charge in [-0.05, 0) is 55.1 Å². The number of benzene rings is 2. The fourth-order valence-corrected chi connectivity index (χ4v) is 5.03. The van der Waals surface area contributed by atoms with Gasteiger partial charge in [0.1, 0.15) is 0 Å². The van der Waals surface area contributed by atoms with Crippen LogP contribution in [0.25, 0.3) is 0 Å². The van der Waals surface area contributed by atoms with Crippen LogP contribution in [0, 0.1) is 12.8 Å². The Balaban J connectivity index is 1.37. The van der Waals surface area contributed by atoms with Gasteiger partial charge in [0.25, 0.3) is 0 Å². The molecule has 1 unspecified atom stereocenters. The van der Waals surface area contributed by atoms with E-state index in [-0.39, 0.29) is 11.8 Å². The van der Waals surface area contributed by atoms with Gasteiger partial charge >= 0.3 is 0 Å². The lowest BCUT2D eigenvalue weighted by Crippen LogP contribution is -2.43. The number of thioether (sulfide) groups is 1. The molecular weight excluding hydrogens is 432 g/mol. The van der Waals surface area contributed by atoms with E-state index in [0.717, 1.165) is 55.0 Å². The highest BCUT2D eigenvalue weighted by Crippen LogP contribution is 2.20. The number of hydrogen-bond acceptors (Lipinski definition) is 3. The number of hydrogen-bond donors (Lipinski definition) is 1. The number of rotatable bonds is 8. The van der Waals surface area contributed by atoms with Crippen molar-refractivity contribution in [3.8, 4) is 0 Å². The van der Waals surface area contributed by atoms with Gasteiger partial charge in [0, 0.05) is 35.6 Å². The number of carbonyl (C=O) groups is 1. The molecule has 150 valence electrons. The Morgan fingerprint density at radius 1 is 1.25 bits per heavy atom. The molecule has 2 aromatic carbocycles. The monoisotopic (exact) mass is 460 g/mol. The van der Waals surface area contributed by atoms with Gasteiger partial charge in [-0.1, -0.05) is 52.3 Å². The number of nitrogens with one attached hydrogen (secondary N) is 1. The molecule has 1 N–H and O–H groups in total. The predicted octanol–water partition coefficient (Wildman–Crippen LogP) is 5.02. The van der Waals surface area contributed by atoms with Crippen molar-refractivity contribution in [1.82, 2.24) is 10.2 Å². The summed E-state index contributed by atoms with van der Waals surface area (Å²) >= 11 is 5.42. The van der Waals surface area contributed by atoms with E-state index < -0.39 is 0 Å². The van der Waals surface area contributed by atoms with Crippen LogP contribution in [0.5, 0.6) is 0 Å². The van der Waals surface area contributed by atoms with Crippen molar-refractivity contribution in [2.45, 2.75) is 32.1 Å². The normalized spacial score (nSPS) is 17.4. The van der Waals surface area contributed by atoms with Crippen LogP contribution in [0.4, 0.5) is 0 Å². The Bertz CT molecular complexity index is 783. The third-order valence-corrected chi connectivity index (χ3v) is 6.74. The first-order valence-electron chi connectivity index (χ1n) is 9.98. The first-order chi connectivity index (χ1) is 13.6. The number of halogens is 1. The molecule has 3 rings (SSSR count). The molecule has 0 bridgehead atoms. The average molecular weight is 461 g/mol. The zero-order valence-corrected chi connectivity index (χ0v) is 18.9. The smallest absolute Gasteiger partial charge is 0.224 e. The summed E-state index contributed by atoms with van der Waals surface area (Å²) in [6.07, 6.45) is 2.09. The summed E-state index contributed by atoms with van der Waals surface area (Å²) < 4.78 is 1.11. The predicted molar refractivity (Wildman–Crippen MR) is 122 cm³/mol. The van der Waals surface area contributed by atoms with Gasteiger partial charge in [-0.2, -0.15) is 11.8 Å². The van der Waals surface area contributed by atoms with E-state index in [4.69, 9.17) is 0 Å². The second-order valence-electron chi connectivity index (χ2n) is 7.47. The van der Waals surface area contributed by atoms with Crippen molar-refractivity contribution in [1.29, 1.82) is 0 Å². The molecule has 1 amide bonds. The summed E-state index contributed by atoms with van der Waals surface area (Å²) in [6, 6.07) is 16.9. The van der Waals surface area contributed by atoms with Crippen molar-refractivity contribution in [2.75, 3.05) is 25.4 Å². The maximum absolute atomic E-state index is 12.6. The number of amides is 1. The number of carbonyl (C=O) groups excluding carboxylic acids is 1. The number of nitrogens with zero attached hydrogens (tertiary/aromatic N) is 1. The number of aryl methyl sites for hydroxylation is 1. The van der Waals surface area contributed by atoms with Crippen LogP contribution in [0.3, 0.4) is 0 Å². The fourth-order valence-electron chi connectivity index (χ4n) is 3.65. The zero-order chi connectivity index (χ0) is 19.8. The van der Waals surface area contributed by atoms with Crippen LogP contribution in [0.1, 0.15) is 29.5 Å². The Morgan fingerprint density at radius 2 is 2.11 bits per heavy atom. The minimum Gasteiger partial charge on any atom is -0.355 e. The number of likely N-dealkylation sites (tertiary alicyclic amines) is 1. The highest BCUT2D eigenvalue weighted by Gasteiger charge is 2.25. The van der Waals surface area contributed by atoms with E-state index in [1.165, 1.54) is 16.7 Å². The molecule has 0 aromatic heterocycles. The van der Waals surface area contributed by atoms with Gasteiger partial charge in [-0.25, -0.2) is 0 Å². The summed E-state index contributed by atoms with van der Waals surface area (Å²) in [6.45, 7) is 5.74. The van der Waals surface area contributed by atoms with E-state index in [0.29, 0.717) is 0 Å². The summed E-state index contributed by atoms with van der Waals surface area (Å²) in [5.41, 5.74) is 4.02. The minimum atomic E-state index is 0.113. The van der Waals surface area contributed by atoms with Crippen LogP contribution in [-0.2, 0) is 17.1 Å². The molecule has 2 aromatic rings. The molecule has 0 aliphatic carbocycles. The van der Waals surface area contributed by atoms with Crippen molar-refractivity contribution in [3.05, 3.63) is 69.7 Å². The summed E-state index contributed by atoms with van der Waals surface area (Å²) in [5, 5.41) is 3.15. The summed E-state index contributed by atoms with van der Waals surface area (Å²) in [4.78, 5) is 15.0. The van der Waals surface area contributed by atoms with Gasteiger partial charge in [-0.3, -0.25) is 9.69 Å². The third kappa shape index (κ3) is 6.64. The average Bonchev–Trinajstić information content (AvgIpc) is 2.69. The largest absolute Gasteiger partial charge is 0.355 e. The van der Waals surface area contributed by atoms with E-state index in [1.807, 2.05) is 17.8 Å². The molecule has 1 aliphatic rings. The lowest BCUT2D eigenvalue weighted by molar-refractivity contribution is -0.126. The summed E-state index contributed by atoms with van der Waals surface area (Å²) in [7, 11) is 0. The van der Waals surface area contributed by atoms with Crippen LogP contribution < -0.4 is 5.32 Å². The van der Waals surface area contributed by atoms with Crippen molar-refractivity contribution < 1.29 is 4.79 Å². The topological polar surface area (TPSA) is 32.3 Å². The molecule has 28 heavy (non-hydrogen) atoms. The maximum Gasteiger partial charge on any atom is 0.224 e. The van der Waals surface area contributed by atoms with Gasteiger partial charge in [0.05, 0.1) is 5.92 Å². The molecular formula is C23H29BrN2OS. The fraction of sp³-hybridized carbons (Fsp3) is 0.435. The first kappa shape index (κ1) is 21.4. The molecule has 1 heterocycles. The first-order valence-corrected chi connectivity index (χ1v) is 11.9. The Hall–Kier alpha value is -1.30. The Morgan fingerprint density at radius 3 is 2.93 bits per heavy atom. The Labute approximate surface area is 181 Å². The minimum absolute atomic E-state index is 0.113. The van der Waals surface area contributed by atoms with Gasteiger partial charge in [0.15, 0.2) is 0 Å². The Kier molecular flexibility index (Phi) is 8.44. The van der Waals surface area contributed by atoms with Gasteiger partial charge < -0.3 is 5.32 Å². The van der Waals surface area contributed by atoms with Gasteiger partial charge in [0.2, 0.25) is 5.91 Å². The maximum atomic E-state index is 12.6. The third-order valence-electron chi connectivity index (χ3n) is 5.24. The standard InChI is InChI=1S/C23H29BrN2OS/c1-18-6-2-3-8-21(18)17-28-13-11-25-23(27)20-9-5-12-26(16-20)15-19-7-4-10-22(24)14-19/h2-4,6-8,10,14,20H,5,9,11-13,15-17H2,1H3,(H,25,27). The van der Waals surface area contributed by atoms with Crippen molar-refractivity contribution >= 4 is 33.6 Å². The van der Waals surface area contributed by atoms with Crippen LogP contribution in [-0.4, -0.2) is 36.2 Å². The molecule has 0 saturated carbocycles. The van der Waals surface area contributed by atoms with Crippen molar-refractivity contribution in [2.24, 2.45) is 5.92 Å². The van der Waals surface area contributed by atoms with E-state index in [2.05, 4.69) is 75.5 Å².